The third kappa shape index (κ3) is 4.96. The van der Waals surface area contributed by atoms with Crippen molar-refractivity contribution in [1.82, 2.24) is 15.5 Å². The minimum Gasteiger partial charge on any atom is -0.496 e. The van der Waals surface area contributed by atoms with Crippen LogP contribution < -0.4 is 15.4 Å². The van der Waals surface area contributed by atoms with Crippen molar-refractivity contribution < 1.29 is 29.0 Å². The van der Waals surface area contributed by atoms with Gasteiger partial charge in [-0.2, -0.15) is 0 Å². The number of carbonyl (C=O) groups excluding carboxylic acids is 4. The summed E-state index contributed by atoms with van der Waals surface area (Å²) in [6, 6.07) is 5.84. The van der Waals surface area contributed by atoms with Crippen LogP contribution >= 0.6 is 11.3 Å². The summed E-state index contributed by atoms with van der Waals surface area (Å²) in [6.45, 7) is 0.310. The highest BCUT2D eigenvalue weighted by Crippen LogP contribution is 2.42. The van der Waals surface area contributed by atoms with E-state index in [0.29, 0.717) is 30.1 Å². The number of fused-ring (bicyclic) bond motifs is 2. The lowest BCUT2D eigenvalue weighted by Crippen LogP contribution is -2.53. The van der Waals surface area contributed by atoms with E-state index in [0.717, 1.165) is 35.8 Å². The molecule has 1 saturated carbocycles. The number of thiophene rings is 1. The van der Waals surface area contributed by atoms with Crippen LogP contribution in [0.2, 0.25) is 0 Å². The zero-order chi connectivity index (χ0) is 26.1. The fourth-order valence-electron chi connectivity index (χ4n) is 6.27. The number of nitrogens with zero attached hydrogens (tertiary/aromatic N) is 1. The highest BCUT2D eigenvalue weighted by atomic mass is 32.1. The first-order valence-corrected chi connectivity index (χ1v) is 13.8. The van der Waals surface area contributed by atoms with Gasteiger partial charge in [0.1, 0.15) is 18.4 Å². The smallest absolute Gasteiger partial charge is 0.264 e. The van der Waals surface area contributed by atoms with Gasteiger partial charge >= 0.3 is 0 Å². The summed E-state index contributed by atoms with van der Waals surface area (Å²) in [7, 11) is 1.60. The standard InChI is InChI=1S/C27H33N3O6S/c1-36-21-7-4-8-22-18(21)12-23(37-22)27(35)30-13-16-5-2-3-6-17(16)24(30)26(34)29-19(20(32)14-31)11-15-9-10-28-25(15)33/h4,7-8,12,15-17,19,24,31H,2-3,5-6,9-11,13-14H2,1H3,(H,28,33)(H,29,34)/t15-,16-,17-,19-,24-/m0/s1. The molecule has 0 spiro atoms. The lowest BCUT2D eigenvalue weighted by atomic mass is 9.78. The van der Waals surface area contributed by atoms with Crippen molar-refractivity contribution in [3.8, 4) is 5.75 Å². The molecule has 5 rings (SSSR count). The van der Waals surface area contributed by atoms with Crippen LogP contribution in [0.5, 0.6) is 5.75 Å². The van der Waals surface area contributed by atoms with Crippen molar-refractivity contribution in [2.75, 3.05) is 26.8 Å². The summed E-state index contributed by atoms with van der Waals surface area (Å²) >= 11 is 1.38. The Morgan fingerprint density at radius 3 is 2.78 bits per heavy atom. The second kappa shape index (κ2) is 10.8. The fraction of sp³-hybridized carbons (Fsp3) is 0.556. The summed E-state index contributed by atoms with van der Waals surface area (Å²) in [5.41, 5.74) is 0. The molecule has 3 N–H and O–H groups in total. The molecule has 1 aromatic heterocycles. The number of ether oxygens (including phenoxy) is 1. The lowest BCUT2D eigenvalue weighted by molar-refractivity contribution is -0.133. The van der Waals surface area contributed by atoms with Gasteiger partial charge in [0.2, 0.25) is 11.8 Å². The summed E-state index contributed by atoms with van der Waals surface area (Å²) in [5.74, 6) is -0.705. The van der Waals surface area contributed by atoms with E-state index < -0.39 is 30.4 Å². The molecule has 0 radical (unpaired) electrons. The van der Waals surface area contributed by atoms with Crippen molar-refractivity contribution in [3.63, 3.8) is 0 Å². The van der Waals surface area contributed by atoms with E-state index in [1.54, 1.807) is 12.0 Å². The molecular formula is C27H33N3O6S. The SMILES string of the molecule is COc1cccc2sc(C(=O)N3C[C@@H]4CCCC[C@@H]4[C@H]3C(=O)N[C@@H](C[C@@H]3CCNC3=O)C(=O)CO)cc12. The Hall–Kier alpha value is -2.98. The molecule has 198 valence electrons. The van der Waals surface area contributed by atoms with Gasteiger partial charge in [0.25, 0.3) is 5.91 Å². The molecule has 3 amide bonds. The fourth-order valence-corrected chi connectivity index (χ4v) is 7.31. The Morgan fingerprint density at radius 2 is 2.05 bits per heavy atom. The predicted octanol–water partition coefficient (Wildman–Crippen LogP) is 2.11. The number of aliphatic hydroxyl groups excluding tert-OH is 1. The number of amides is 3. The van der Waals surface area contributed by atoms with Gasteiger partial charge in [0.05, 0.1) is 18.0 Å². The molecule has 0 bridgehead atoms. The van der Waals surface area contributed by atoms with Crippen LogP contribution in [-0.4, -0.2) is 72.4 Å². The largest absolute Gasteiger partial charge is 0.496 e. The molecular weight excluding hydrogens is 494 g/mol. The summed E-state index contributed by atoms with van der Waals surface area (Å²) < 4.78 is 6.39. The second-order valence-corrected chi connectivity index (χ2v) is 11.4. The molecule has 1 aliphatic carbocycles. The van der Waals surface area contributed by atoms with Gasteiger partial charge in [-0.25, -0.2) is 0 Å². The highest BCUT2D eigenvalue weighted by molar-refractivity contribution is 7.20. The Morgan fingerprint density at radius 1 is 1.24 bits per heavy atom. The van der Waals surface area contributed by atoms with Crippen molar-refractivity contribution in [2.24, 2.45) is 17.8 Å². The Labute approximate surface area is 219 Å². The van der Waals surface area contributed by atoms with E-state index in [-0.39, 0.29) is 36.0 Å². The second-order valence-electron chi connectivity index (χ2n) is 10.3. The molecule has 1 aromatic carbocycles. The zero-order valence-corrected chi connectivity index (χ0v) is 21.7. The van der Waals surface area contributed by atoms with Crippen molar-refractivity contribution in [3.05, 3.63) is 29.1 Å². The maximum absolute atomic E-state index is 13.8. The van der Waals surface area contributed by atoms with Crippen LogP contribution in [0.15, 0.2) is 24.3 Å². The van der Waals surface area contributed by atoms with Crippen LogP contribution in [0.4, 0.5) is 0 Å². The number of ketones is 1. The van der Waals surface area contributed by atoms with Crippen molar-refractivity contribution in [1.29, 1.82) is 0 Å². The van der Waals surface area contributed by atoms with Gasteiger partial charge in [0.15, 0.2) is 5.78 Å². The third-order valence-corrected chi connectivity index (χ3v) is 9.25. The number of hydrogen-bond acceptors (Lipinski definition) is 7. The van der Waals surface area contributed by atoms with Gasteiger partial charge in [-0.15, -0.1) is 11.3 Å². The normalized spacial score (nSPS) is 26.0. The topological polar surface area (TPSA) is 125 Å². The molecule has 10 heteroatoms. The van der Waals surface area contributed by atoms with Gasteiger partial charge in [-0.05, 0) is 55.7 Å². The summed E-state index contributed by atoms with van der Waals surface area (Å²) in [5, 5.41) is 16.0. The maximum Gasteiger partial charge on any atom is 0.264 e. The molecule has 2 aliphatic heterocycles. The number of benzene rings is 1. The molecule has 3 fully saturated rings. The first-order chi connectivity index (χ1) is 17.9. The van der Waals surface area contributed by atoms with E-state index in [9.17, 15) is 24.3 Å². The summed E-state index contributed by atoms with van der Waals surface area (Å²) in [6.07, 6.45) is 4.59. The molecule has 2 saturated heterocycles. The quantitative estimate of drug-likeness (QED) is 0.483. The number of likely N-dealkylation sites (tertiary alicyclic amines) is 1. The van der Waals surface area contributed by atoms with Crippen LogP contribution in [0.3, 0.4) is 0 Å². The van der Waals surface area contributed by atoms with E-state index >= 15 is 0 Å². The monoisotopic (exact) mass is 527 g/mol. The molecule has 37 heavy (non-hydrogen) atoms. The van der Waals surface area contributed by atoms with Crippen LogP contribution in [0, 0.1) is 17.8 Å². The van der Waals surface area contributed by atoms with E-state index in [1.807, 2.05) is 24.3 Å². The van der Waals surface area contributed by atoms with Gasteiger partial charge < -0.3 is 25.4 Å². The molecule has 2 aromatic rings. The van der Waals surface area contributed by atoms with Gasteiger partial charge in [-0.1, -0.05) is 18.9 Å². The lowest BCUT2D eigenvalue weighted by Gasteiger charge is -2.31. The molecule has 0 unspecified atom stereocenters. The predicted molar refractivity (Wildman–Crippen MR) is 138 cm³/mol. The van der Waals surface area contributed by atoms with E-state index in [1.165, 1.54) is 11.3 Å². The van der Waals surface area contributed by atoms with Crippen molar-refractivity contribution in [2.45, 2.75) is 50.6 Å². The highest BCUT2D eigenvalue weighted by Gasteiger charge is 2.49. The number of nitrogens with one attached hydrogen (secondary N) is 2. The van der Waals surface area contributed by atoms with Crippen LogP contribution in [0.1, 0.15) is 48.2 Å². The first kappa shape index (κ1) is 25.7. The number of methoxy groups -OCH3 is 1. The average Bonchev–Trinajstić information content (AvgIpc) is 3.63. The van der Waals surface area contributed by atoms with E-state index in [4.69, 9.17) is 4.74 Å². The Bertz CT molecular complexity index is 1210. The van der Waals surface area contributed by atoms with Crippen molar-refractivity contribution >= 4 is 44.9 Å². The average molecular weight is 528 g/mol. The first-order valence-electron chi connectivity index (χ1n) is 13.0. The van der Waals surface area contributed by atoms with Crippen LogP contribution in [-0.2, 0) is 14.4 Å². The minimum atomic E-state index is -0.973. The Balaban J connectivity index is 1.41. The number of hydrogen-bond donors (Lipinski definition) is 3. The molecule has 5 atom stereocenters. The molecule has 3 heterocycles. The number of carbonyl (C=O) groups is 4. The number of Topliss-reactive ketones (excluding diaryl/α,β-unsaturated/α-hetero) is 1. The van der Waals surface area contributed by atoms with Gasteiger partial charge in [-0.3, -0.25) is 19.2 Å². The number of rotatable bonds is 8. The molecule has 3 aliphatic rings. The van der Waals surface area contributed by atoms with Gasteiger partial charge in [0, 0.05) is 29.1 Å². The third-order valence-electron chi connectivity index (χ3n) is 8.17. The molecule has 9 nitrogen and oxygen atoms in total. The summed E-state index contributed by atoms with van der Waals surface area (Å²) in [4.78, 5) is 54.5. The minimum absolute atomic E-state index is 0.0151. The zero-order valence-electron chi connectivity index (χ0n) is 20.9. The van der Waals surface area contributed by atoms with Crippen LogP contribution in [0.25, 0.3) is 10.1 Å². The number of aliphatic hydroxyl groups is 1. The maximum atomic E-state index is 13.8. The van der Waals surface area contributed by atoms with E-state index in [2.05, 4.69) is 10.6 Å². The Kier molecular flexibility index (Phi) is 7.48.